The molecule has 0 aromatic rings. The van der Waals surface area contributed by atoms with Crippen LogP contribution in [0.1, 0.15) is 0 Å². The van der Waals surface area contributed by atoms with Gasteiger partial charge in [0.1, 0.15) is 13.2 Å². The smallest absolute Gasteiger partial charge is 0.309 e. The summed E-state index contributed by atoms with van der Waals surface area (Å²) in [5, 5.41) is 0. The first-order chi connectivity index (χ1) is 8.79. The normalized spacial score (nSPS) is 42.0. The van der Waals surface area contributed by atoms with Gasteiger partial charge in [0.15, 0.2) is 0 Å². The van der Waals surface area contributed by atoms with Crippen molar-refractivity contribution in [2.45, 2.75) is 11.8 Å². The molecular weight excluding hydrogens is 433 g/mol. The van der Waals surface area contributed by atoms with Crippen molar-refractivity contribution in [1.82, 2.24) is 0 Å². The second-order valence-corrected chi connectivity index (χ2v) is 15.1. The van der Waals surface area contributed by atoms with Crippen LogP contribution in [0.25, 0.3) is 0 Å². The van der Waals surface area contributed by atoms with E-state index in [0.29, 0.717) is 0 Å². The molecule has 118 valence electrons. The maximum Gasteiger partial charge on any atom is 0.335 e. The fourth-order valence-electron chi connectivity index (χ4n) is 1.10. The maximum absolute atomic E-state index is 13.4. The molecule has 0 aromatic heterocycles. The Morgan fingerprint density at radius 3 is 1.60 bits per heavy atom. The first-order valence-corrected chi connectivity index (χ1v) is 13.1. The van der Waals surface area contributed by atoms with Crippen LogP contribution in [0.4, 0.5) is 17.6 Å². The molecule has 0 aliphatic carbocycles. The van der Waals surface area contributed by atoms with E-state index in [1.54, 1.807) is 0 Å². The van der Waals surface area contributed by atoms with Gasteiger partial charge in [-0.3, -0.25) is 0 Å². The van der Waals surface area contributed by atoms with Gasteiger partial charge in [-0.2, -0.15) is 31.1 Å². The predicted molar refractivity (Wildman–Crippen MR) is 73.3 cm³/mol. The Bertz CT molecular complexity index is 596. The van der Waals surface area contributed by atoms with Crippen LogP contribution in [0.3, 0.4) is 0 Å². The van der Waals surface area contributed by atoms with Crippen molar-refractivity contribution in [2.75, 3.05) is 13.2 Å². The van der Waals surface area contributed by atoms with E-state index < -0.39 is 44.5 Å². The summed E-state index contributed by atoms with van der Waals surface area (Å²) in [5.41, 5.74) is 0. The summed E-state index contributed by atoms with van der Waals surface area (Å²) in [6, 6.07) is 0. The van der Waals surface area contributed by atoms with Crippen molar-refractivity contribution >= 4 is 64.4 Å². The Balaban J connectivity index is 2.57. The summed E-state index contributed by atoms with van der Waals surface area (Å²) < 4.78 is 73.1. The van der Waals surface area contributed by atoms with E-state index in [1.807, 2.05) is 0 Å². The molecule has 0 fully saturated rings. The van der Waals surface area contributed by atoms with Crippen molar-refractivity contribution in [3.05, 3.63) is 0 Å². The summed E-state index contributed by atoms with van der Waals surface area (Å²) in [6.07, 6.45) is 0. The number of nitrogens with zero attached hydrogens (tertiary/aromatic N) is 3. The average Bonchev–Trinajstić information content (AvgIpc) is 2.21. The van der Waals surface area contributed by atoms with Gasteiger partial charge in [0, 0.05) is 0 Å². The third-order valence-corrected chi connectivity index (χ3v) is 13.6. The molecule has 5 nitrogen and oxygen atoms in total. The quantitative estimate of drug-likeness (QED) is 0.300. The van der Waals surface area contributed by atoms with Crippen LogP contribution in [0.2, 0.25) is 0 Å². The average molecular weight is 437 g/mol. The molecule has 0 amide bonds. The zero-order valence-electron chi connectivity index (χ0n) is 8.94. The molecule has 2 bridgehead atoms. The third kappa shape index (κ3) is 3.69. The van der Waals surface area contributed by atoms with E-state index in [0.717, 1.165) is 0 Å². The Morgan fingerprint density at radius 1 is 0.750 bits per heavy atom. The van der Waals surface area contributed by atoms with Crippen molar-refractivity contribution in [3.63, 3.8) is 0 Å². The molecule has 0 spiro atoms. The van der Waals surface area contributed by atoms with Gasteiger partial charge >= 0.3 is 25.4 Å². The van der Waals surface area contributed by atoms with Crippen LogP contribution in [0.5, 0.6) is 0 Å². The fraction of sp³-hybridized carbons (Fsp3) is 1.00. The van der Waals surface area contributed by atoms with Crippen molar-refractivity contribution in [1.29, 1.82) is 0 Å². The van der Waals surface area contributed by atoms with Gasteiger partial charge in [-0.15, -0.1) is 0 Å². The minimum absolute atomic E-state index is 1.72. The first kappa shape index (κ1) is 17.8. The molecular formula is C4H4Cl4F4N3O2P3. The highest BCUT2D eigenvalue weighted by atomic mass is 35.9. The molecule has 0 N–H and O–H groups in total. The first-order valence-electron chi connectivity index (χ1n) is 4.53. The third-order valence-electron chi connectivity index (χ3n) is 2.01. The molecule has 2 atom stereocenters. The molecule has 0 aromatic carbocycles. The van der Waals surface area contributed by atoms with Crippen LogP contribution in [-0.4, -0.2) is 25.1 Å². The minimum atomic E-state index is -4.55. The van der Waals surface area contributed by atoms with Crippen LogP contribution in [0, 0.1) is 0 Å². The van der Waals surface area contributed by atoms with Crippen LogP contribution in [-0.2, 0) is 9.05 Å². The van der Waals surface area contributed by atoms with Gasteiger partial charge in [0.05, 0.1) is 0 Å². The standard InChI is InChI=1S/C4H4Cl4F4N3O2P3/c5-18(6)13-19(7)15-20(8,14-18)17-2-4(11,12)3(9,10)1-16-19/h1-2H2. The van der Waals surface area contributed by atoms with Gasteiger partial charge in [0.2, 0.25) is 0 Å². The van der Waals surface area contributed by atoms with Gasteiger partial charge in [-0.05, 0) is 45.0 Å². The van der Waals surface area contributed by atoms with Crippen molar-refractivity contribution < 1.29 is 26.6 Å². The predicted octanol–water partition coefficient (Wildman–Crippen LogP) is 7.11. The highest BCUT2D eigenvalue weighted by Gasteiger charge is 2.59. The van der Waals surface area contributed by atoms with E-state index in [-0.39, 0.29) is 0 Å². The van der Waals surface area contributed by atoms with Gasteiger partial charge in [-0.1, -0.05) is 0 Å². The molecule has 20 heavy (non-hydrogen) atoms. The van der Waals surface area contributed by atoms with Crippen molar-refractivity contribution in [2.24, 2.45) is 13.5 Å². The van der Waals surface area contributed by atoms with Crippen molar-refractivity contribution in [3.8, 4) is 0 Å². The van der Waals surface area contributed by atoms with Crippen LogP contribution in [0.15, 0.2) is 13.5 Å². The van der Waals surface area contributed by atoms with E-state index in [2.05, 4.69) is 22.6 Å². The second-order valence-electron chi connectivity index (χ2n) is 3.63. The highest BCUT2D eigenvalue weighted by molar-refractivity contribution is 8.16. The number of fused-ring (bicyclic) bond motifs is 1. The zero-order chi connectivity index (χ0) is 15.4. The summed E-state index contributed by atoms with van der Waals surface area (Å²) in [6.45, 7) is -11.1. The molecule has 16 heteroatoms. The maximum atomic E-state index is 13.4. The van der Waals surface area contributed by atoms with Gasteiger partial charge in [0.25, 0.3) is 5.91 Å². The Labute approximate surface area is 129 Å². The monoisotopic (exact) mass is 435 g/mol. The molecule has 2 aliphatic heterocycles. The lowest BCUT2D eigenvalue weighted by atomic mass is 10.2. The molecule has 0 saturated carbocycles. The minimum Gasteiger partial charge on any atom is -0.309 e. The van der Waals surface area contributed by atoms with Crippen LogP contribution >= 0.6 is 64.4 Å². The second kappa shape index (κ2) is 5.25. The van der Waals surface area contributed by atoms with E-state index in [1.165, 1.54) is 0 Å². The summed E-state index contributed by atoms with van der Waals surface area (Å²) in [5.74, 6) is -12.6. The number of hydrogen-bond donors (Lipinski definition) is 0. The number of rotatable bonds is 0. The number of halogens is 8. The van der Waals surface area contributed by atoms with E-state index in [9.17, 15) is 17.6 Å². The summed E-state index contributed by atoms with van der Waals surface area (Å²) >= 11 is 23.0. The Morgan fingerprint density at radius 2 is 1.15 bits per heavy atom. The van der Waals surface area contributed by atoms with E-state index >= 15 is 0 Å². The highest BCUT2D eigenvalue weighted by Crippen LogP contribution is 2.86. The lowest BCUT2D eigenvalue weighted by molar-refractivity contribution is -0.231. The SMILES string of the molecule is FC1(F)COP2(Cl)=NP(Cl)(Cl)=NP(Cl)(=N2)OCC1(F)F. The summed E-state index contributed by atoms with van der Waals surface area (Å²) in [7, 11) is 0. The molecule has 2 heterocycles. The molecule has 0 radical (unpaired) electrons. The molecule has 2 aliphatic rings. The summed E-state index contributed by atoms with van der Waals surface area (Å²) in [4.78, 5) is 0. The Hall–Kier alpha value is 1.49. The van der Waals surface area contributed by atoms with Gasteiger partial charge in [-0.25, -0.2) is 0 Å². The topological polar surface area (TPSA) is 55.5 Å². The van der Waals surface area contributed by atoms with Crippen LogP contribution < -0.4 is 0 Å². The largest absolute Gasteiger partial charge is 0.335 e. The number of alkyl halides is 4. The van der Waals surface area contributed by atoms with E-state index in [4.69, 9.17) is 45.0 Å². The fourth-order valence-corrected chi connectivity index (χ4v) is 15.7. The lowest BCUT2D eigenvalue weighted by Gasteiger charge is -2.25. The zero-order valence-corrected chi connectivity index (χ0v) is 14.6. The lowest BCUT2D eigenvalue weighted by Crippen LogP contribution is -2.46. The van der Waals surface area contributed by atoms with Gasteiger partial charge < -0.3 is 9.05 Å². The molecule has 0 saturated heterocycles. The number of hydrogen-bond acceptors (Lipinski definition) is 5. The molecule has 2 unspecified atom stereocenters. The Kier molecular flexibility index (Phi) is 4.69. The molecule has 2 rings (SSSR count).